The van der Waals surface area contributed by atoms with Gasteiger partial charge in [-0.2, -0.15) is 0 Å². The quantitative estimate of drug-likeness (QED) is 0.413. The fourth-order valence-electron chi connectivity index (χ4n) is 2.57. The van der Waals surface area contributed by atoms with Crippen LogP contribution < -0.4 is 10.4 Å². The third-order valence-electron chi connectivity index (χ3n) is 3.82. The second-order valence-corrected chi connectivity index (χ2v) is 5.54. The maximum atomic E-state index is 11.7. The molecule has 0 N–H and O–H groups in total. The largest absolute Gasteiger partial charge is 0.488 e. The first-order valence-corrected chi connectivity index (χ1v) is 7.36. The Morgan fingerprint density at radius 2 is 1.96 bits per heavy atom. The lowest BCUT2D eigenvalue weighted by molar-refractivity contribution is -0.385. The number of ether oxygens (including phenoxy) is 1. The zero-order chi connectivity index (χ0) is 17.3. The van der Waals surface area contributed by atoms with E-state index < -0.39 is 10.5 Å². The molecule has 0 spiro atoms. The van der Waals surface area contributed by atoms with Crippen LogP contribution in [-0.4, -0.2) is 4.92 Å². The maximum Gasteiger partial charge on any atom is 0.336 e. The van der Waals surface area contributed by atoms with Gasteiger partial charge in [0.25, 0.3) is 5.69 Å². The van der Waals surface area contributed by atoms with Crippen molar-refractivity contribution >= 4 is 16.7 Å². The van der Waals surface area contributed by atoms with E-state index in [4.69, 9.17) is 9.15 Å². The average Bonchev–Trinajstić information content (AvgIpc) is 2.52. The maximum absolute atomic E-state index is 11.7. The van der Waals surface area contributed by atoms with Crippen molar-refractivity contribution in [3.05, 3.63) is 79.7 Å². The number of nitrogens with zero attached hydrogens (tertiary/aromatic N) is 1. The van der Waals surface area contributed by atoms with Crippen molar-refractivity contribution in [3.63, 3.8) is 0 Å². The summed E-state index contributed by atoms with van der Waals surface area (Å²) in [5.74, 6) is 0.415. The van der Waals surface area contributed by atoms with Crippen LogP contribution in [0.3, 0.4) is 0 Å². The molecule has 122 valence electrons. The highest BCUT2D eigenvalue weighted by molar-refractivity contribution is 5.80. The van der Waals surface area contributed by atoms with E-state index in [0.717, 1.165) is 10.9 Å². The molecule has 1 heterocycles. The van der Waals surface area contributed by atoms with E-state index in [1.54, 1.807) is 25.1 Å². The minimum atomic E-state index is -0.456. The Hall–Kier alpha value is -3.15. The van der Waals surface area contributed by atoms with E-state index in [1.807, 2.05) is 19.1 Å². The first-order valence-electron chi connectivity index (χ1n) is 7.36. The van der Waals surface area contributed by atoms with Gasteiger partial charge in [0.2, 0.25) is 0 Å². The van der Waals surface area contributed by atoms with Crippen LogP contribution in [0, 0.1) is 24.0 Å². The summed E-state index contributed by atoms with van der Waals surface area (Å²) in [4.78, 5) is 22.3. The molecular formula is C18H15NO5. The molecule has 0 aliphatic heterocycles. The predicted octanol–water partition coefficient (Wildman–Crippen LogP) is 3.90. The third kappa shape index (κ3) is 2.99. The molecule has 0 bridgehead atoms. The molecule has 0 atom stereocenters. The van der Waals surface area contributed by atoms with E-state index in [0.29, 0.717) is 22.5 Å². The van der Waals surface area contributed by atoms with Gasteiger partial charge in [0.1, 0.15) is 17.9 Å². The van der Waals surface area contributed by atoms with Crippen LogP contribution in [0.5, 0.6) is 5.75 Å². The van der Waals surface area contributed by atoms with Gasteiger partial charge in [0.15, 0.2) is 0 Å². The smallest absolute Gasteiger partial charge is 0.336 e. The first kappa shape index (κ1) is 15.7. The Morgan fingerprint density at radius 1 is 1.17 bits per heavy atom. The van der Waals surface area contributed by atoms with Crippen molar-refractivity contribution in [2.75, 3.05) is 0 Å². The zero-order valence-corrected chi connectivity index (χ0v) is 13.2. The number of aryl methyl sites for hydroxylation is 1. The molecule has 3 rings (SSSR count). The van der Waals surface area contributed by atoms with Crippen molar-refractivity contribution in [2.45, 2.75) is 20.5 Å². The fourth-order valence-corrected chi connectivity index (χ4v) is 2.57. The van der Waals surface area contributed by atoms with Gasteiger partial charge in [-0.25, -0.2) is 4.79 Å². The van der Waals surface area contributed by atoms with E-state index in [2.05, 4.69) is 0 Å². The van der Waals surface area contributed by atoms with Gasteiger partial charge in [-0.3, -0.25) is 10.1 Å². The van der Waals surface area contributed by atoms with E-state index in [-0.39, 0.29) is 12.3 Å². The molecule has 2 aromatic carbocycles. The highest BCUT2D eigenvalue weighted by Gasteiger charge is 2.15. The van der Waals surface area contributed by atoms with Crippen LogP contribution in [0.4, 0.5) is 5.69 Å². The molecule has 0 saturated heterocycles. The van der Waals surface area contributed by atoms with Crippen LogP contribution in [0.15, 0.2) is 51.7 Å². The molecule has 0 unspecified atom stereocenters. The number of nitro benzene ring substituents is 1. The number of benzene rings is 2. The molecule has 0 aliphatic rings. The van der Waals surface area contributed by atoms with E-state index >= 15 is 0 Å². The summed E-state index contributed by atoms with van der Waals surface area (Å²) in [6.45, 7) is 3.66. The van der Waals surface area contributed by atoms with Crippen LogP contribution in [0.1, 0.15) is 16.7 Å². The lowest BCUT2D eigenvalue weighted by atomic mass is 10.1. The van der Waals surface area contributed by atoms with Gasteiger partial charge in [-0.15, -0.1) is 0 Å². The molecule has 24 heavy (non-hydrogen) atoms. The molecule has 6 heteroatoms. The highest BCUT2D eigenvalue weighted by Crippen LogP contribution is 2.28. The predicted molar refractivity (Wildman–Crippen MR) is 89.4 cm³/mol. The number of fused-ring (bicyclic) bond motifs is 1. The lowest BCUT2D eigenvalue weighted by Gasteiger charge is -2.10. The minimum absolute atomic E-state index is 0.000517. The monoisotopic (exact) mass is 325 g/mol. The number of hydrogen-bond donors (Lipinski definition) is 0. The Morgan fingerprint density at radius 3 is 2.71 bits per heavy atom. The van der Waals surface area contributed by atoms with E-state index in [1.165, 1.54) is 12.1 Å². The van der Waals surface area contributed by atoms with Gasteiger partial charge in [0, 0.05) is 23.1 Å². The fraction of sp³-hybridized carbons (Fsp3) is 0.167. The van der Waals surface area contributed by atoms with Crippen molar-refractivity contribution in [1.82, 2.24) is 0 Å². The summed E-state index contributed by atoms with van der Waals surface area (Å²) in [6, 6.07) is 11.6. The summed E-state index contributed by atoms with van der Waals surface area (Å²) in [6.07, 6.45) is 0. The molecule has 0 radical (unpaired) electrons. The van der Waals surface area contributed by atoms with E-state index in [9.17, 15) is 14.9 Å². The summed E-state index contributed by atoms with van der Waals surface area (Å²) in [5.41, 5.74) is 2.15. The Labute approximate surface area is 137 Å². The Kier molecular flexibility index (Phi) is 4.04. The van der Waals surface area contributed by atoms with Crippen LogP contribution in [0.25, 0.3) is 11.0 Å². The van der Waals surface area contributed by atoms with Crippen LogP contribution >= 0.6 is 0 Å². The average molecular weight is 325 g/mol. The minimum Gasteiger partial charge on any atom is -0.488 e. The number of rotatable bonds is 4. The Bertz CT molecular complexity index is 990. The van der Waals surface area contributed by atoms with Crippen molar-refractivity contribution in [2.24, 2.45) is 0 Å². The molecule has 0 amide bonds. The van der Waals surface area contributed by atoms with Crippen molar-refractivity contribution in [3.8, 4) is 5.75 Å². The number of nitro groups is 1. The van der Waals surface area contributed by atoms with Crippen LogP contribution in [0.2, 0.25) is 0 Å². The summed E-state index contributed by atoms with van der Waals surface area (Å²) in [7, 11) is 0. The molecule has 3 aromatic rings. The molecular weight excluding hydrogens is 310 g/mol. The molecule has 1 aromatic heterocycles. The highest BCUT2D eigenvalue weighted by atomic mass is 16.6. The molecule has 0 fully saturated rings. The second-order valence-electron chi connectivity index (χ2n) is 5.54. The zero-order valence-electron chi connectivity index (χ0n) is 13.2. The van der Waals surface area contributed by atoms with Crippen molar-refractivity contribution in [1.29, 1.82) is 0 Å². The van der Waals surface area contributed by atoms with Crippen LogP contribution in [-0.2, 0) is 6.61 Å². The topological polar surface area (TPSA) is 82.6 Å². The van der Waals surface area contributed by atoms with Gasteiger partial charge in [-0.05, 0) is 31.5 Å². The standard InChI is InChI=1S/C18H15NO5/c1-11-6-7-14-13(9-18(20)24-17(14)8-11)10-23-16-5-3-4-15(12(16)2)19(21)22/h3-9H,10H2,1-2H3. The molecule has 0 aliphatic carbocycles. The third-order valence-corrected chi connectivity index (χ3v) is 3.82. The molecule has 0 saturated carbocycles. The number of hydrogen-bond acceptors (Lipinski definition) is 5. The van der Waals surface area contributed by atoms with Gasteiger partial charge in [-0.1, -0.05) is 18.2 Å². The van der Waals surface area contributed by atoms with Gasteiger partial charge < -0.3 is 9.15 Å². The van der Waals surface area contributed by atoms with Gasteiger partial charge in [0.05, 0.1) is 10.5 Å². The van der Waals surface area contributed by atoms with Gasteiger partial charge >= 0.3 is 5.63 Å². The SMILES string of the molecule is Cc1ccc2c(COc3cccc([N+](=O)[O-])c3C)cc(=O)oc2c1. The summed E-state index contributed by atoms with van der Waals surface area (Å²) in [5, 5.41) is 11.8. The normalized spacial score (nSPS) is 10.8. The molecule has 6 nitrogen and oxygen atoms in total. The second kappa shape index (κ2) is 6.16. The summed E-state index contributed by atoms with van der Waals surface area (Å²) < 4.78 is 10.9. The first-order chi connectivity index (χ1) is 11.5. The lowest BCUT2D eigenvalue weighted by Crippen LogP contribution is -2.05. The Balaban J connectivity index is 1.96. The summed E-state index contributed by atoms with van der Waals surface area (Å²) >= 11 is 0. The van der Waals surface area contributed by atoms with Crippen molar-refractivity contribution < 1.29 is 14.1 Å².